The highest BCUT2D eigenvalue weighted by atomic mass is 127. The standard InChI is InChI=1S/C19H30N6O.HI/c1-6-20-19(21-11-18-24-22-13-25(18)5)23-15(4)16-7-9-17(10-8-16)26-12-14(2)3;/h7-10,13-15H,6,11-12H2,1-5H3,(H2,20,21,23);1H. The topological polar surface area (TPSA) is 76.4 Å². The number of nitrogens with zero attached hydrogens (tertiary/aromatic N) is 4. The van der Waals surface area contributed by atoms with Gasteiger partial charge < -0.3 is 19.9 Å². The molecule has 2 N–H and O–H groups in total. The van der Waals surface area contributed by atoms with Gasteiger partial charge in [0.15, 0.2) is 11.8 Å². The number of aliphatic imine (C=N–C) groups is 1. The summed E-state index contributed by atoms with van der Waals surface area (Å²) in [6, 6.07) is 8.31. The van der Waals surface area contributed by atoms with Crippen LogP contribution in [0.3, 0.4) is 0 Å². The third-order valence-electron chi connectivity index (χ3n) is 3.84. The van der Waals surface area contributed by atoms with Crippen molar-refractivity contribution in [3.05, 3.63) is 42.0 Å². The molecule has 0 saturated carbocycles. The molecular formula is C19H31IN6O. The average molecular weight is 486 g/mol. The van der Waals surface area contributed by atoms with Gasteiger partial charge in [-0.15, -0.1) is 34.2 Å². The number of rotatable bonds is 8. The summed E-state index contributed by atoms with van der Waals surface area (Å²) in [5.41, 5.74) is 1.17. The van der Waals surface area contributed by atoms with Gasteiger partial charge in [-0.05, 0) is 37.5 Å². The van der Waals surface area contributed by atoms with E-state index in [4.69, 9.17) is 4.74 Å². The van der Waals surface area contributed by atoms with Crippen molar-refractivity contribution in [1.29, 1.82) is 0 Å². The van der Waals surface area contributed by atoms with E-state index in [-0.39, 0.29) is 30.0 Å². The van der Waals surface area contributed by atoms with Gasteiger partial charge in [0.05, 0.1) is 12.6 Å². The molecule has 0 saturated heterocycles. The van der Waals surface area contributed by atoms with Gasteiger partial charge in [-0.25, -0.2) is 4.99 Å². The minimum Gasteiger partial charge on any atom is -0.493 e. The van der Waals surface area contributed by atoms with Gasteiger partial charge in [0.1, 0.15) is 18.6 Å². The molecule has 0 bridgehead atoms. The van der Waals surface area contributed by atoms with E-state index < -0.39 is 0 Å². The molecule has 0 aliphatic heterocycles. The number of halogens is 1. The Morgan fingerprint density at radius 2 is 1.93 bits per heavy atom. The number of hydrogen-bond donors (Lipinski definition) is 2. The lowest BCUT2D eigenvalue weighted by Crippen LogP contribution is -2.38. The predicted octanol–water partition coefficient (Wildman–Crippen LogP) is 3.28. The largest absolute Gasteiger partial charge is 0.493 e. The van der Waals surface area contributed by atoms with Crippen LogP contribution in [0.1, 0.15) is 45.1 Å². The molecule has 0 spiro atoms. The highest BCUT2D eigenvalue weighted by molar-refractivity contribution is 14.0. The molecule has 1 atom stereocenters. The summed E-state index contributed by atoms with van der Waals surface area (Å²) in [5.74, 6) is 2.99. The van der Waals surface area contributed by atoms with E-state index in [1.807, 2.05) is 30.7 Å². The van der Waals surface area contributed by atoms with Crippen molar-refractivity contribution in [2.45, 2.75) is 40.3 Å². The molecule has 1 aromatic heterocycles. The molecule has 0 amide bonds. The first-order valence-electron chi connectivity index (χ1n) is 9.10. The first-order valence-corrected chi connectivity index (χ1v) is 9.10. The summed E-state index contributed by atoms with van der Waals surface area (Å²) < 4.78 is 7.61. The van der Waals surface area contributed by atoms with Gasteiger partial charge in [0.25, 0.3) is 0 Å². The minimum absolute atomic E-state index is 0. The van der Waals surface area contributed by atoms with Crippen LogP contribution in [0.15, 0.2) is 35.6 Å². The molecule has 1 heterocycles. The lowest BCUT2D eigenvalue weighted by molar-refractivity contribution is 0.271. The highest BCUT2D eigenvalue weighted by Gasteiger charge is 2.09. The Bertz CT molecular complexity index is 698. The van der Waals surface area contributed by atoms with E-state index in [0.717, 1.165) is 30.7 Å². The Morgan fingerprint density at radius 1 is 1.22 bits per heavy atom. The van der Waals surface area contributed by atoms with Crippen molar-refractivity contribution < 1.29 is 4.74 Å². The van der Waals surface area contributed by atoms with Crippen molar-refractivity contribution in [1.82, 2.24) is 25.4 Å². The smallest absolute Gasteiger partial charge is 0.192 e. The first-order chi connectivity index (χ1) is 12.5. The van der Waals surface area contributed by atoms with Crippen LogP contribution in [0.4, 0.5) is 0 Å². The SMILES string of the molecule is CCNC(=NCc1nncn1C)NC(C)c1ccc(OCC(C)C)cc1.I. The highest BCUT2D eigenvalue weighted by Crippen LogP contribution is 2.18. The molecule has 0 radical (unpaired) electrons. The molecule has 2 aromatic rings. The second-order valence-electron chi connectivity index (χ2n) is 6.69. The monoisotopic (exact) mass is 486 g/mol. The number of benzene rings is 1. The van der Waals surface area contributed by atoms with E-state index in [0.29, 0.717) is 12.5 Å². The van der Waals surface area contributed by atoms with E-state index in [1.165, 1.54) is 5.56 Å². The quantitative estimate of drug-likeness (QED) is 0.340. The molecule has 0 aliphatic carbocycles. The molecule has 0 aliphatic rings. The second kappa shape index (κ2) is 11.8. The van der Waals surface area contributed by atoms with Crippen molar-refractivity contribution in [2.75, 3.05) is 13.2 Å². The normalized spacial score (nSPS) is 12.4. The van der Waals surface area contributed by atoms with Crippen LogP contribution in [-0.2, 0) is 13.6 Å². The molecule has 7 nitrogen and oxygen atoms in total. The van der Waals surface area contributed by atoms with Crippen LogP contribution in [0.5, 0.6) is 5.75 Å². The number of nitrogens with one attached hydrogen (secondary N) is 2. The van der Waals surface area contributed by atoms with Crippen molar-refractivity contribution >= 4 is 29.9 Å². The van der Waals surface area contributed by atoms with Crippen LogP contribution >= 0.6 is 24.0 Å². The van der Waals surface area contributed by atoms with Crippen molar-refractivity contribution in [2.24, 2.45) is 18.0 Å². The molecule has 1 unspecified atom stereocenters. The Kier molecular flexibility index (Phi) is 10.1. The van der Waals surface area contributed by atoms with Crippen molar-refractivity contribution in [3.63, 3.8) is 0 Å². The summed E-state index contributed by atoms with van der Waals surface area (Å²) in [5, 5.41) is 14.6. The van der Waals surface area contributed by atoms with Crippen LogP contribution in [0, 0.1) is 5.92 Å². The van der Waals surface area contributed by atoms with E-state index in [9.17, 15) is 0 Å². The minimum atomic E-state index is 0. The molecule has 150 valence electrons. The van der Waals surface area contributed by atoms with E-state index in [1.54, 1.807) is 6.33 Å². The maximum atomic E-state index is 5.74. The lowest BCUT2D eigenvalue weighted by atomic mass is 10.1. The number of aromatic nitrogens is 3. The van der Waals surface area contributed by atoms with Crippen LogP contribution in [0.25, 0.3) is 0 Å². The maximum Gasteiger partial charge on any atom is 0.192 e. The Labute approximate surface area is 179 Å². The fourth-order valence-electron chi connectivity index (χ4n) is 2.32. The summed E-state index contributed by atoms with van der Waals surface area (Å²) in [7, 11) is 1.91. The fourth-order valence-corrected chi connectivity index (χ4v) is 2.32. The Hall–Kier alpha value is -1.84. The third-order valence-corrected chi connectivity index (χ3v) is 3.84. The fraction of sp³-hybridized carbons (Fsp3) is 0.526. The maximum absolute atomic E-state index is 5.74. The van der Waals surface area contributed by atoms with Gasteiger partial charge in [-0.1, -0.05) is 26.0 Å². The van der Waals surface area contributed by atoms with Gasteiger partial charge in [0.2, 0.25) is 0 Å². The molecule has 0 fully saturated rings. The molecule has 1 aromatic carbocycles. The summed E-state index contributed by atoms with van der Waals surface area (Å²) in [4.78, 5) is 4.60. The first kappa shape index (κ1) is 23.2. The lowest BCUT2D eigenvalue weighted by Gasteiger charge is -2.18. The summed E-state index contributed by atoms with van der Waals surface area (Å²) in [6.45, 7) is 10.4. The van der Waals surface area contributed by atoms with Crippen LogP contribution in [-0.4, -0.2) is 33.9 Å². The zero-order valence-electron chi connectivity index (χ0n) is 16.8. The van der Waals surface area contributed by atoms with Gasteiger partial charge >= 0.3 is 0 Å². The number of aryl methyl sites for hydroxylation is 1. The zero-order chi connectivity index (χ0) is 18.9. The van der Waals surface area contributed by atoms with Gasteiger partial charge in [-0.2, -0.15) is 0 Å². The van der Waals surface area contributed by atoms with E-state index in [2.05, 4.69) is 58.7 Å². The molecule has 8 heteroatoms. The van der Waals surface area contributed by atoms with Crippen LogP contribution in [0.2, 0.25) is 0 Å². The van der Waals surface area contributed by atoms with Gasteiger partial charge in [0, 0.05) is 13.6 Å². The number of guanidine groups is 1. The van der Waals surface area contributed by atoms with E-state index >= 15 is 0 Å². The second-order valence-corrected chi connectivity index (χ2v) is 6.69. The predicted molar refractivity (Wildman–Crippen MR) is 120 cm³/mol. The molecule has 2 rings (SSSR count). The van der Waals surface area contributed by atoms with Gasteiger partial charge in [-0.3, -0.25) is 0 Å². The number of hydrogen-bond acceptors (Lipinski definition) is 4. The third kappa shape index (κ3) is 7.74. The number of ether oxygens (including phenoxy) is 1. The summed E-state index contributed by atoms with van der Waals surface area (Å²) >= 11 is 0. The van der Waals surface area contributed by atoms with Crippen LogP contribution < -0.4 is 15.4 Å². The summed E-state index contributed by atoms with van der Waals surface area (Å²) in [6.07, 6.45) is 1.68. The molecular weight excluding hydrogens is 455 g/mol. The zero-order valence-corrected chi connectivity index (χ0v) is 19.1. The molecule has 27 heavy (non-hydrogen) atoms. The Balaban J connectivity index is 0.00000364. The Morgan fingerprint density at radius 3 is 2.48 bits per heavy atom. The van der Waals surface area contributed by atoms with Crippen molar-refractivity contribution in [3.8, 4) is 5.75 Å². The average Bonchev–Trinajstić information content (AvgIpc) is 3.03.